The molecule has 0 aliphatic carbocycles. The van der Waals surface area contributed by atoms with Crippen LogP contribution in [0.1, 0.15) is 129 Å². The molecule has 0 amide bonds. The van der Waals surface area contributed by atoms with E-state index in [1.54, 1.807) is 7.11 Å². The molecule has 0 bridgehead atoms. The molecule has 32 heavy (non-hydrogen) atoms. The van der Waals surface area contributed by atoms with Crippen LogP contribution >= 0.6 is 8.60 Å². The predicted molar refractivity (Wildman–Crippen MR) is 142 cm³/mol. The summed E-state index contributed by atoms with van der Waals surface area (Å²) in [5.41, 5.74) is 0. The van der Waals surface area contributed by atoms with Crippen molar-refractivity contribution < 1.29 is 13.6 Å². The maximum absolute atomic E-state index is 5.93. The van der Waals surface area contributed by atoms with Gasteiger partial charge in [-0.1, -0.05) is 117 Å². The van der Waals surface area contributed by atoms with Gasteiger partial charge in [0.05, 0.1) is 13.2 Å². The molecular formula is C27H58NO3P. The van der Waals surface area contributed by atoms with Crippen LogP contribution in [0.4, 0.5) is 0 Å². The molecule has 0 saturated carbocycles. The highest BCUT2D eigenvalue weighted by molar-refractivity contribution is 7.41. The molecule has 0 radical (unpaired) electrons. The van der Waals surface area contributed by atoms with E-state index in [9.17, 15) is 0 Å². The van der Waals surface area contributed by atoms with Crippen LogP contribution in [0.5, 0.6) is 0 Å². The lowest BCUT2D eigenvalue weighted by Crippen LogP contribution is -2.24. The first kappa shape index (κ1) is 32.3. The third-order valence-corrected chi connectivity index (χ3v) is 7.13. The van der Waals surface area contributed by atoms with Crippen LogP contribution in [0, 0.1) is 5.92 Å². The van der Waals surface area contributed by atoms with Crippen molar-refractivity contribution in [1.29, 1.82) is 0 Å². The van der Waals surface area contributed by atoms with Gasteiger partial charge in [-0.3, -0.25) is 0 Å². The van der Waals surface area contributed by atoms with Crippen LogP contribution in [0.25, 0.3) is 0 Å². The van der Waals surface area contributed by atoms with E-state index < -0.39 is 8.60 Å². The van der Waals surface area contributed by atoms with Crippen molar-refractivity contribution in [2.24, 2.45) is 5.92 Å². The van der Waals surface area contributed by atoms with Gasteiger partial charge in [-0.25, -0.2) is 0 Å². The van der Waals surface area contributed by atoms with E-state index in [4.69, 9.17) is 13.6 Å². The van der Waals surface area contributed by atoms with Gasteiger partial charge in [-0.15, -0.1) is 0 Å². The molecule has 0 N–H and O–H groups in total. The van der Waals surface area contributed by atoms with Gasteiger partial charge >= 0.3 is 8.60 Å². The topological polar surface area (TPSA) is 30.9 Å². The average molecular weight is 476 g/mol. The van der Waals surface area contributed by atoms with Crippen LogP contribution in [0.3, 0.4) is 0 Å². The first-order chi connectivity index (χ1) is 15.6. The van der Waals surface area contributed by atoms with Crippen molar-refractivity contribution in [3.05, 3.63) is 0 Å². The Morgan fingerprint density at radius 3 is 1.50 bits per heavy atom. The molecule has 0 aromatic rings. The summed E-state index contributed by atoms with van der Waals surface area (Å²) >= 11 is 0. The zero-order valence-electron chi connectivity index (χ0n) is 22.5. The Morgan fingerprint density at radius 1 is 0.625 bits per heavy atom. The molecule has 0 aromatic heterocycles. The minimum atomic E-state index is -1.19. The summed E-state index contributed by atoms with van der Waals surface area (Å²) < 4.78 is 17.2. The second-order valence-corrected chi connectivity index (χ2v) is 11.1. The standard InChI is InChI=1S/C27H58NO3P/c1-6-8-9-10-11-12-13-14-15-16-17-18-19-20-21-22-24-30-32(29-5)31-26-27(23-7-2)25-28(3)4/h27H,6-26H2,1-5H3. The van der Waals surface area contributed by atoms with Crippen LogP contribution in [0.15, 0.2) is 0 Å². The molecule has 0 rings (SSSR count). The van der Waals surface area contributed by atoms with Crippen LogP contribution < -0.4 is 0 Å². The number of unbranched alkanes of at least 4 members (excludes halogenated alkanes) is 15. The monoisotopic (exact) mass is 475 g/mol. The Labute approximate surface area is 203 Å². The van der Waals surface area contributed by atoms with Crippen molar-refractivity contribution >= 4 is 8.60 Å². The Balaban J connectivity index is 3.43. The summed E-state index contributed by atoms with van der Waals surface area (Å²) in [6.07, 6.45) is 24.6. The van der Waals surface area contributed by atoms with Crippen molar-refractivity contribution in [3.63, 3.8) is 0 Å². The van der Waals surface area contributed by atoms with E-state index in [-0.39, 0.29) is 0 Å². The van der Waals surface area contributed by atoms with Gasteiger partial charge < -0.3 is 18.5 Å². The van der Waals surface area contributed by atoms with Gasteiger partial charge in [0.2, 0.25) is 0 Å². The number of hydrogen-bond donors (Lipinski definition) is 0. The highest BCUT2D eigenvalue weighted by Gasteiger charge is 2.15. The first-order valence-corrected chi connectivity index (χ1v) is 15.0. The van der Waals surface area contributed by atoms with E-state index in [2.05, 4.69) is 32.8 Å². The summed E-state index contributed by atoms with van der Waals surface area (Å²) in [6.45, 7) is 7.06. The average Bonchev–Trinajstić information content (AvgIpc) is 2.77. The molecule has 2 atom stereocenters. The Kier molecular flexibility index (Phi) is 26.1. The fraction of sp³-hybridized carbons (Fsp3) is 1.00. The Hall–Kier alpha value is 0.270. The Bertz CT molecular complexity index is 358. The molecule has 194 valence electrons. The van der Waals surface area contributed by atoms with Gasteiger partial charge in [0, 0.05) is 13.7 Å². The predicted octanol–water partition coefficient (Wildman–Crippen LogP) is 9.13. The number of rotatable bonds is 26. The largest absolute Gasteiger partial charge is 0.332 e. The lowest BCUT2D eigenvalue weighted by molar-refractivity contribution is 0.143. The number of hydrogen-bond acceptors (Lipinski definition) is 4. The summed E-state index contributed by atoms with van der Waals surface area (Å²) in [7, 11) is 4.75. The quantitative estimate of drug-likeness (QED) is 0.0921. The molecule has 0 heterocycles. The smallest absolute Gasteiger partial charge is 0.316 e. The van der Waals surface area contributed by atoms with Crippen molar-refractivity contribution in [1.82, 2.24) is 4.90 Å². The van der Waals surface area contributed by atoms with E-state index in [0.717, 1.165) is 26.2 Å². The normalized spacial score (nSPS) is 13.7. The minimum Gasteiger partial charge on any atom is -0.316 e. The first-order valence-electron chi connectivity index (χ1n) is 13.9. The highest BCUT2D eigenvalue weighted by atomic mass is 31.2. The molecular weight excluding hydrogens is 417 g/mol. The van der Waals surface area contributed by atoms with Crippen LogP contribution in [0.2, 0.25) is 0 Å². The van der Waals surface area contributed by atoms with Crippen LogP contribution in [-0.4, -0.2) is 45.9 Å². The minimum absolute atomic E-state index is 0.550. The maximum atomic E-state index is 5.93. The SMILES string of the molecule is CCCCCCCCCCCCCCCCCCOP(OC)OCC(CCC)CN(C)C. The zero-order valence-corrected chi connectivity index (χ0v) is 23.4. The molecule has 2 unspecified atom stereocenters. The highest BCUT2D eigenvalue weighted by Crippen LogP contribution is 2.39. The molecule has 0 spiro atoms. The van der Waals surface area contributed by atoms with Crippen molar-refractivity contribution in [3.8, 4) is 0 Å². The lowest BCUT2D eigenvalue weighted by atomic mass is 10.0. The molecule has 0 aliphatic heterocycles. The van der Waals surface area contributed by atoms with Gasteiger partial charge in [0.25, 0.3) is 0 Å². The van der Waals surface area contributed by atoms with Crippen molar-refractivity contribution in [2.75, 3.05) is 41.0 Å². The summed E-state index contributed by atoms with van der Waals surface area (Å²) in [5.74, 6) is 0.550. The molecule has 4 nitrogen and oxygen atoms in total. The molecule has 0 aliphatic rings. The van der Waals surface area contributed by atoms with Gasteiger partial charge in [0.1, 0.15) is 0 Å². The van der Waals surface area contributed by atoms with Crippen molar-refractivity contribution in [2.45, 2.75) is 129 Å². The summed E-state index contributed by atoms with van der Waals surface area (Å²) in [4.78, 5) is 2.23. The van der Waals surface area contributed by atoms with E-state index in [1.165, 1.54) is 109 Å². The van der Waals surface area contributed by atoms with E-state index >= 15 is 0 Å². The third-order valence-electron chi connectivity index (χ3n) is 6.08. The second kappa shape index (κ2) is 25.9. The van der Waals surface area contributed by atoms with Crippen LogP contribution in [-0.2, 0) is 13.6 Å². The van der Waals surface area contributed by atoms with E-state index in [1.807, 2.05) is 0 Å². The fourth-order valence-electron chi connectivity index (χ4n) is 4.25. The van der Waals surface area contributed by atoms with Gasteiger partial charge in [0.15, 0.2) is 0 Å². The molecule has 5 heteroatoms. The summed E-state index contributed by atoms with van der Waals surface area (Å²) in [5, 5.41) is 0. The fourth-order valence-corrected chi connectivity index (χ4v) is 5.15. The van der Waals surface area contributed by atoms with E-state index in [0.29, 0.717) is 5.92 Å². The molecule has 0 saturated heterocycles. The lowest BCUT2D eigenvalue weighted by Gasteiger charge is -2.22. The number of nitrogens with zero attached hydrogens (tertiary/aromatic N) is 1. The zero-order chi connectivity index (χ0) is 23.7. The Morgan fingerprint density at radius 2 is 1.09 bits per heavy atom. The van der Waals surface area contributed by atoms with Gasteiger partial charge in [-0.05, 0) is 32.9 Å². The summed E-state index contributed by atoms with van der Waals surface area (Å²) in [6, 6.07) is 0. The molecule has 0 fully saturated rings. The van der Waals surface area contributed by atoms with Gasteiger partial charge in [-0.2, -0.15) is 0 Å². The third kappa shape index (κ3) is 23.4. The second-order valence-electron chi connectivity index (χ2n) is 9.76. The maximum Gasteiger partial charge on any atom is 0.332 e. The molecule has 0 aromatic carbocycles.